The van der Waals surface area contributed by atoms with Crippen molar-refractivity contribution in [2.45, 2.75) is 6.42 Å². The van der Waals surface area contributed by atoms with Crippen molar-refractivity contribution in [3.8, 4) is 0 Å². The summed E-state index contributed by atoms with van der Waals surface area (Å²) in [5, 5.41) is 9.89. The Morgan fingerprint density at radius 3 is 3.05 bits per heavy atom. The van der Waals surface area contributed by atoms with Crippen LogP contribution in [0.3, 0.4) is 0 Å². The molecule has 1 atom stereocenters. The molecule has 0 aliphatic carbocycles. The number of carboxylic acid groups (broad SMARTS) is 1. The molecule has 1 N–H and O–H groups in total. The lowest BCUT2D eigenvalue weighted by Crippen LogP contribution is -2.22. The van der Waals surface area contributed by atoms with Crippen LogP contribution in [0.5, 0.6) is 0 Å². The molecule has 1 aromatic carbocycles. The number of hydrogen-bond donors (Lipinski definition) is 1. The number of anilines is 1. The number of aromatic nitrogens is 1. The van der Waals surface area contributed by atoms with Crippen LogP contribution in [0.1, 0.15) is 16.8 Å². The first-order valence-corrected chi connectivity index (χ1v) is 7.06. The number of ether oxygens (including phenoxy) is 1. The van der Waals surface area contributed by atoms with Gasteiger partial charge in [-0.25, -0.2) is 9.78 Å². The lowest BCUT2D eigenvalue weighted by molar-refractivity contribution is 0.0699. The molecule has 0 amide bonds. The van der Waals surface area contributed by atoms with E-state index in [4.69, 9.17) is 4.74 Å². The normalized spacial score (nSPS) is 18.3. The standard InChI is InChI=1S/C16H18N2O3/c1-21-10-11-7-8-18(9-11)15-6-5-12-13(16(19)20)3-2-4-14(12)17-15/h2-6,11H,7-10H2,1H3,(H,19,20). The van der Waals surface area contributed by atoms with Gasteiger partial charge in [0.15, 0.2) is 0 Å². The van der Waals surface area contributed by atoms with Crippen LogP contribution in [0.2, 0.25) is 0 Å². The van der Waals surface area contributed by atoms with Gasteiger partial charge in [-0.05, 0) is 30.7 Å². The molecule has 0 radical (unpaired) electrons. The average Bonchev–Trinajstić information content (AvgIpc) is 2.95. The molecule has 2 aromatic rings. The predicted octanol–water partition coefficient (Wildman–Crippen LogP) is 2.41. The summed E-state index contributed by atoms with van der Waals surface area (Å²) in [5.41, 5.74) is 1.02. The largest absolute Gasteiger partial charge is 0.478 e. The third kappa shape index (κ3) is 2.69. The van der Waals surface area contributed by atoms with Crippen molar-refractivity contribution in [2.24, 2.45) is 5.92 Å². The van der Waals surface area contributed by atoms with E-state index in [9.17, 15) is 9.90 Å². The van der Waals surface area contributed by atoms with Gasteiger partial charge in [-0.3, -0.25) is 0 Å². The van der Waals surface area contributed by atoms with Crippen LogP contribution >= 0.6 is 0 Å². The Bertz CT molecular complexity index is 672. The third-order valence-electron chi connectivity index (χ3n) is 3.96. The number of carbonyl (C=O) groups is 1. The minimum atomic E-state index is -0.920. The summed E-state index contributed by atoms with van der Waals surface area (Å²) in [5.74, 6) is 0.526. The van der Waals surface area contributed by atoms with Gasteiger partial charge in [0, 0.05) is 31.5 Å². The molecule has 1 aliphatic heterocycles. The molecule has 3 rings (SSSR count). The summed E-state index contributed by atoms with van der Waals surface area (Å²) in [4.78, 5) is 18.1. The van der Waals surface area contributed by atoms with Crippen LogP contribution in [0.25, 0.3) is 10.9 Å². The number of pyridine rings is 1. The first-order valence-electron chi connectivity index (χ1n) is 7.06. The third-order valence-corrected chi connectivity index (χ3v) is 3.96. The van der Waals surface area contributed by atoms with E-state index in [-0.39, 0.29) is 0 Å². The van der Waals surface area contributed by atoms with Gasteiger partial charge in [-0.15, -0.1) is 0 Å². The van der Waals surface area contributed by atoms with Crippen molar-refractivity contribution >= 4 is 22.7 Å². The second-order valence-corrected chi connectivity index (χ2v) is 5.40. The first-order chi connectivity index (χ1) is 10.2. The lowest BCUT2D eigenvalue weighted by atomic mass is 10.1. The lowest BCUT2D eigenvalue weighted by Gasteiger charge is -2.18. The highest BCUT2D eigenvalue weighted by atomic mass is 16.5. The summed E-state index contributed by atoms with van der Waals surface area (Å²) < 4.78 is 5.21. The summed E-state index contributed by atoms with van der Waals surface area (Å²) in [6.45, 7) is 2.67. The van der Waals surface area contributed by atoms with Crippen LogP contribution in [-0.2, 0) is 4.74 Å². The summed E-state index contributed by atoms with van der Waals surface area (Å²) in [7, 11) is 1.73. The topological polar surface area (TPSA) is 62.7 Å². The SMILES string of the molecule is COCC1CCN(c2ccc3c(C(=O)O)cccc3n2)C1. The molecule has 5 heteroatoms. The molecule has 21 heavy (non-hydrogen) atoms. The Hall–Kier alpha value is -2.14. The number of benzene rings is 1. The highest BCUT2D eigenvalue weighted by Gasteiger charge is 2.23. The Morgan fingerprint density at radius 1 is 1.43 bits per heavy atom. The quantitative estimate of drug-likeness (QED) is 0.935. The van der Waals surface area contributed by atoms with Crippen molar-refractivity contribution in [2.75, 3.05) is 31.7 Å². The van der Waals surface area contributed by atoms with E-state index in [0.717, 1.165) is 37.5 Å². The Balaban J connectivity index is 1.90. The predicted molar refractivity (Wildman–Crippen MR) is 80.9 cm³/mol. The first kappa shape index (κ1) is 13.8. The van der Waals surface area contributed by atoms with E-state index < -0.39 is 5.97 Å². The van der Waals surface area contributed by atoms with Gasteiger partial charge >= 0.3 is 5.97 Å². The van der Waals surface area contributed by atoms with Crippen LogP contribution in [0.15, 0.2) is 30.3 Å². The maximum atomic E-state index is 11.2. The van der Waals surface area contributed by atoms with Crippen molar-refractivity contribution in [3.05, 3.63) is 35.9 Å². The van der Waals surface area contributed by atoms with Crippen molar-refractivity contribution in [1.29, 1.82) is 0 Å². The van der Waals surface area contributed by atoms with Crippen molar-refractivity contribution in [1.82, 2.24) is 4.98 Å². The molecule has 1 fully saturated rings. The van der Waals surface area contributed by atoms with Gasteiger partial charge < -0.3 is 14.7 Å². The van der Waals surface area contributed by atoms with E-state index in [2.05, 4.69) is 9.88 Å². The second-order valence-electron chi connectivity index (χ2n) is 5.40. The van der Waals surface area contributed by atoms with E-state index in [0.29, 0.717) is 16.9 Å². The number of nitrogens with zero attached hydrogens (tertiary/aromatic N) is 2. The number of carboxylic acids is 1. The van der Waals surface area contributed by atoms with Crippen LogP contribution in [-0.4, -0.2) is 42.9 Å². The highest BCUT2D eigenvalue weighted by Crippen LogP contribution is 2.26. The molecule has 1 saturated heterocycles. The average molecular weight is 286 g/mol. The van der Waals surface area contributed by atoms with Crippen molar-refractivity contribution < 1.29 is 14.6 Å². The Kier molecular flexibility index (Phi) is 3.75. The van der Waals surface area contributed by atoms with Gasteiger partial charge in [0.05, 0.1) is 17.7 Å². The smallest absolute Gasteiger partial charge is 0.336 e. The van der Waals surface area contributed by atoms with E-state index in [1.807, 2.05) is 18.2 Å². The molecule has 1 aliphatic rings. The molecular weight excluding hydrogens is 268 g/mol. The minimum Gasteiger partial charge on any atom is -0.478 e. The molecule has 5 nitrogen and oxygen atoms in total. The Labute approximate surface area is 123 Å². The van der Waals surface area contributed by atoms with Gasteiger partial charge in [-0.2, -0.15) is 0 Å². The molecule has 0 spiro atoms. The van der Waals surface area contributed by atoms with Gasteiger partial charge in [0.1, 0.15) is 5.82 Å². The van der Waals surface area contributed by atoms with E-state index in [1.54, 1.807) is 19.2 Å². The number of aromatic carboxylic acids is 1. The zero-order valence-corrected chi connectivity index (χ0v) is 12.0. The van der Waals surface area contributed by atoms with Crippen LogP contribution < -0.4 is 4.90 Å². The maximum absolute atomic E-state index is 11.2. The van der Waals surface area contributed by atoms with Crippen molar-refractivity contribution in [3.63, 3.8) is 0 Å². The summed E-state index contributed by atoms with van der Waals surface area (Å²) in [6, 6.07) is 8.96. The molecule has 0 saturated carbocycles. The summed E-state index contributed by atoms with van der Waals surface area (Å²) in [6.07, 6.45) is 1.10. The zero-order valence-electron chi connectivity index (χ0n) is 12.0. The van der Waals surface area contributed by atoms with Gasteiger partial charge in [0.2, 0.25) is 0 Å². The molecule has 2 heterocycles. The summed E-state index contributed by atoms with van der Waals surface area (Å²) >= 11 is 0. The molecular formula is C16H18N2O3. The molecule has 0 bridgehead atoms. The molecule has 1 unspecified atom stereocenters. The number of rotatable bonds is 4. The fourth-order valence-corrected chi connectivity index (χ4v) is 2.92. The molecule has 110 valence electrons. The van der Waals surface area contributed by atoms with E-state index in [1.165, 1.54) is 0 Å². The fraction of sp³-hybridized carbons (Fsp3) is 0.375. The zero-order chi connectivity index (χ0) is 14.8. The maximum Gasteiger partial charge on any atom is 0.336 e. The highest BCUT2D eigenvalue weighted by molar-refractivity contribution is 6.02. The molecule has 1 aromatic heterocycles. The number of hydrogen-bond acceptors (Lipinski definition) is 4. The van der Waals surface area contributed by atoms with Gasteiger partial charge in [0.25, 0.3) is 0 Å². The van der Waals surface area contributed by atoms with Gasteiger partial charge in [-0.1, -0.05) is 6.07 Å². The number of fused-ring (bicyclic) bond motifs is 1. The fourth-order valence-electron chi connectivity index (χ4n) is 2.92. The van der Waals surface area contributed by atoms with E-state index >= 15 is 0 Å². The Morgan fingerprint density at radius 2 is 2.29 bits per heavy atom. The minimum absolute atomic E-state index is 0.297. The second kappa shape index (κ2) is 5.69. The van der Waals surface area contributed by atoms with Crippen LogP contribution in [0.4, 0.5) is 5.82 Å². The number of methoxy groups -OCH3 is 1. The van der Waals surface area contributed by atoms with Crippen LogP contribution in [0, 0.1) is 5.92 Å². The monoisotopic (exact) mass is 286 g/mol.